The Kier molecular flexibility index (Phi) is 4.60. The number of nitrogens with zero attached hydrogens (tertiary/aromatic N) is 2. The highest BCUT2D eigenvalue weighted by Gasteiger charge is 2.47. The van der Waals surface area contributed by atoms with Crippen LogP contribution < -0.4 is 10.5 Å². The highest BCUT2D eigenvalue weighted by molar-refractivity contribution is 6.41. The van der Waals surface area contributed by atoms with Gasteiger partial charge in [-0.2, -0.15) is 0 Å². The van der Waals surface area contributed by atoms with Crippen LogP contribution in [-0.2, 0) is 10.4 Å². The lowest BCUT2D eigenvalue weighted by Gasteiger charge is -2.40. The van der Waals surface area contributed by atoms with Gasteiger partial charge in [0.05, 0.1) is 12.3 Å². The van der Waals surface area contributed by atoms with Gasteiger partial charge in [0.2, 0.25) is 0 Å². The van der Waals surface area contributed by atoms with Crippen LogP contribution in [0.1, 0.15) is 31.7 Å². The fourth-order valence-corrected chi connectivity index (χ4v) is 4.75. The van der Waals surface area contributed by atoms with Crippen LogP contribution in [0.3, 0.4) is 0 Å². The summed E-state index contributed by atoms with van der Waals surface area (Å²) in [5.41, 5.74) is 9.30. The Labute approximate surface area is 175 Å². The Hall–Kier alpha value is -2.37. The van der Waals surface area contributed by atoms with Crippen molar-refractivity contribution in [3.8, 4) is 16.9 Å². The minimum atomic E-state index is -0.724. The van der Waals surface area contributed by atoms with Crippen molar-refractivity contribution in [1.29, 1.82) is 0 Å². The summed E-state index contributed by atoms with van der Waals surface area (Å²) < 4.78 is 12.2. The number of nitrogens with two attached hydrogens (primary N) is 1. The van der Waals surface area contributed by atoms with Gasteiger partial charge in [0.1, 0.15) is 17.7 Å². The topological polar surface area (TPSA) is 69.2 Å². The number of halogens is 1. The highest BCUT2D eigenvalue weighted by atomic mass is 35.5. The number of aliphatic imine (C=N–C) groups is 2. The number of hydrogen-bond acceptors (Lipinski definition) is 5. The van der Waals surface area contributed by atoms with Crippen LogP contribution in [-0.4, -0.2) is 30.9 Å². The van der Waals surface area contributed by atoms with Crippen LogP contribution >= 0.6 is 11.6 Å². The van der Waals surface area contributed by atoms with Crippen molar-refractivity contribution < 1.29 is 9.47 Å². The second-order valence-electron chi connectivity index (χ2n) is 8.07. The second kappa shape index (κ2) is 7.15. The maximum absolute atomic E-state index is 6.46. The number of hydrogen-bond donors (Lipinski definition) is 1. The number of fused-ring (bicyclic) bond motifs is 2. The molecule has 1 spiro atoms. The first kappa shape index (κ1) is 18.6. The molecule has 29 heavy (non-hydrogen) atoms. The summed E-state index contributed by atoms with van der Waals surface area (Å²) in [5, 5.41) is 0.709. The molecule has 1 fully saturated rings. The Morgan fingerprint density at radius 3 is 2.72 bits per heavy atom. The van der Waals surface area contributed by atoms with Crippen LogP contribution in [0.15, 0.2) is 52.4 Å². The van der Waals surface area contributed by atoms with Crippen molar-refractivity contribution in [3.05, 3.63) is 53.1 Å². The quantitative estimate of drug-likeness (QED) is 0.789. The van der Waals surface area contributed by atoms with E-state index in [0.29, 0.717) is 23.2 Å². The summed E-state index contributed by atoms with van der Waals surface area (Å²) >= 11 is 6.21. The standard InChI is InChI=1S/C23H24ClN3O2/c1-14-22(25)27-23(26-14)12-21(17-5-3-9-28-13-17)29-20-8-7-16(11-19(20)23)15-4-2-6-18(24)10-15/h2,4,6-8,10-11,17,21H,3,5,9,12-13H2,1H3,(H2,25,27)/t17-,21+,23-/m0/s1. The van der Waals surface area contributed by atoms with E-state index in [2.05, 4.69) is 12.1 Å². The van der Waals surface area contributed by atoms with Crippen molar-refractivity contribution in [3.63, 3.8) is 0 Å². The number of ether oxygens (including phenoxy) is 2. The molecule has 0 aliphatic carbocycles. The molecule has 2 N–H and O–H groups in total. The Morgan fingerprint density at radius 1 is 1.14 bits per heavy atom. The van der Waals surface area contributed by atoms with Gasteiger partial charge in [0.25, 0.3) is 0 Å². The average molecular weight is 410 g/mol. The summed E-state index contributed by atoms with van der Waals surface area (Å²) in [6.07, 6.45) is 2.83. The minimum absolute atomic E-state index is 0.00557. The van der Waals surface area contributed by atoms with E-state index in [1.165, 1.54) is 0 Å². The Balaban J connectivity index is 1.60. The molecule has 2 aromatic rings. The first-order valence-corrected chi connectivity index (χ1v) is 10.5. The lowest BCUT2D eigenvalue weighted by Crippen LogP contribution is -2.42. The average Bonchev–Trinajstić information content (AvgIpc) is 3.02. The van der Waals surface area contributed by atoms with Crippen LogP contribution in [0.5, 0.6) is 5.75 Å². The van der Waals surface area contributed by atoms with E-state index in [-0.39, 0.29) is 6.10 Å². The van der Waals surface area contributed by atoms with E-state index in [1.54, 1.807) is 0 Å². The van der Waals surface area contributed by atoms with Gasteiger partial charge in [0.15, 0.2) is 5.66 Å². The summed E-state index contributed by atoms with van der Waals surface area (Å²) in [5.74, 6) is 1.67. The zero-order chi connectivity index (χ0) is 20.0. The minimum Gasteiger partial charge on any atom is -0.489 e. The van der Waals surface area contributed by atoms with Crippen molar-refractivity contribution in [1.82, 2.24) is 0 Å². The molecule has 5 nitrogen and oxygen atoms in total. The van der Waals surface area contributed by atoms with Gasteiger partial charge in [-0.3, -0.25) is 4.99 Å². The predicted molar refractivity (Wildman–Crippen MR) is 116 cm³/mol. The largest absolute Gasteiger partial charge is 0.489 e. The first-order valence-electron chi connectivity index (χ1n) is 10.1. The smallest absolute Gasteiger partial charge is 0.185 e. The van der Waals surface area contributed by atoms with Gasteiger partial charge < -0.3 is 15.2 Å². The third-order valence-corrected chi connectivity index (χ3v) is 6.32. The molecule has 0 radical (unpaired) electrons. The van der Waals surface area contributed by atoms with Crippen LogP contribution in [0, 0.1) is 5.92 Å². The summed E-state index contributed by atoms with van der Waals surface area (Å²) in [4.78, 5) is 9.78. The van der Waals surface area contributed by atoms with Crippen LogP contribution in [0.25, 0.3) is 11.1 Å². The van der Waals surface area contributed by atoms with Crippen LogP contribution in [0.2, 0.25) is 5.02 Å². The number of amidine groups is 1. The molecule has 0 amide bonds. The van der Waals surface area contributed by atoms with Gasteiger partial charge >= 0.3 is 0 Å². The number of benzene rings is 2. The van der Waals surface area contributed by atoms with Gasteiger partial charge in [-0.05, 0) is 55.2 Å². The van der Waals surface area contributed by atoms with Gasteiger partial charge in [-0.15, -0.1) is 0 Å². The fourth-order valence-electron chi connectivity index (χ4n) is 4.56. The lowest BCUT2D eigenvalue weighted by atomic mass is 9.83. The maximum atomic E-state index is 6.46. The van der Waals surface area contributed by atoms with E-state index in [9.17, 15) is 0 Å². The molecule has 0 saturated carbocycles. The SMILES string of the molecule is CC1=N[C@@]2(C[C@H]([C@H]3CCCOC3)Oc3ccc(-c4cccc(Cl)c4)cc32)N=C1N. The molecule has 6 heteroatoms. The molecule has 2 aromatic carbocycles. The molecule has 0 unspecified atom stereocenters. The molecule has 3 aliphatic heterocycles. The normalized spacial score (nSPS) is 28.5. The summed E-state index contributed by atoms with van der Waals surface area (Å²) in [6.45, 7) is 3.47. The Morgan fingerprint density at radius 2 is 2.00 bits per heavy atom. The van der Waals surface area contributed by atoms with Crippen molar-refractivity contribution >= 4 is 23.1 Å². The molecular formula is C23H24ClN3O2. The maximum Gasteiger partial charge on any atom is 0.185 e. The van der Waals surface area contributed by atoms with Crippen molar-refractivity contribution in [2.45, 2.75) is 38.0 Å². The van der Waals surface area contributed by atoms with E-state index in [4.69, 9.17) is 36.8 Å². The molecule has 3 atom stereocenters. The first-order chi connectivity index (χ1) is 14.0. The van der Waals surface area contributed by atoms with E-state index in [1.807, 2.05) is 37.3 Å². The van der Waals surface area contributed by atoms with Crippen molar-refractivity contribution in [2.75, 3.05) is 13.2 Å². The molecule has 3 aliphatic rings. The summed E-state index contributed by atoms with van der Waals surface area (Å²) in [7, 11) is 0. The van der Waals surface area contributed by atoms with Gasteiger partial charge in [-0.25, -0.2) is 4.99 Å². The molecule has 0 bridgehead atoms. The monoisotopic (exact) mass is 409 g/mol. The van der Waals surface area contributed by atoms with E-state index < -0.39 is 5.66 Å². The zero-order valence-corrected chi connectivity index (χ0v) is 17.2. The predicted octanol–water partition coefficient (Wildman–Crippen LogP) is 4.57. The van der Waals surface area contributed by atoms with E-state index in [0.717, 1.165) is 54.2 Å². The van der Waals surface area contributed by atoms with Crippen LogP contribution in [0.4, 0.5) is 0 Å². The zero-order valence-electron chi connectivity index (χ0n) is 16.4. The van der Waals surface area contributed by atoms with Crippen molar-refractivity contribution in [2.24, 2.45) is 21.6 Å². The molecular weight excluding hydrogens is 386 g/mol. The highest BCUT2D eigenvalue weighted by Crippen LogP contribution is 2.48. The van der Waals surface area contributed by atoms with Gasteiger partial charge in [0, 0.05) is 29.5 Å². The molecule has 5 rings (SSSR count). The van der Waals surface area contributed by atoms with E-state index >= 15 is 0 Å². The second-order valence-corrected chi connectivity index (χ2v) is 8.51. The molecule has 1 saturated heterocycles. The lowest BCUT2D eigenvalue weighted by molar-refractivity contribution is -0.0166. The van der Waals surface area contributed by atoms with Gasteiger partial charge in [-0.1, -0.05) is 29.8 Å². The Bertz CT molecular complexity index is 993. The number of rotatable bonds is 2. The summed E-state index contributed by atoms with van der Waals surface area (Å²) in [6, 6.07) is 14.1. The third kappa shape index (κ3) is 3.32. The fraction of sp³-hybridized carbons (Fsp3) is 0.391. The molecule has 3 heterocycles. The molecule has 0 aromatic heterocycles. The third-order valence-electron chi connectivity index (χ3n) is 6.08. The molecule has 150 valence electrons.